The lowest BCUT2D eigenvalue weighted by Crippen LogP contribution is -2.34. The number of benzene rings is 3. The van der Waals surface area contributed by atoms with Crippen LogP contribution in [-0.4, -0.2) is 18.9 Å². The molecule has 0 bridgehead atoms. The largest absolute Gasteiger partial charge is 0.371 e. The summed E-state index contributed by atoms with van der Waals surface area (Å²) in [7, 11) is 0. The van der Waals surface area contributed by atoms with Gasteiger partial charge in [0.2, 0.25) is 5.70 Å². The molecule has 0 aliphatic carbocycles. The van der Waals surface area contributed by atoms with Gasteiger partial charge in [0.25, 0.3) is 11.5 Å². The minimum absolute atomic E-state index is 0.0682. The highest BCUT2D eigenvalue weighted by molar-refractivity contribution is 6.34. The van der Waals surface area contributed by atoms with Crippen molar-refractivity contribution in [1.82, 2.24) is 0 Å². The van der Waals surface area contributed by atoms with Gasteiger partial charge in [0, 0.05) is 36.5 Å². The third-order valence-electron chi connectivity index (χ3n) is 7.85. The zero-order chi connectivity index (χ0) is 24.8. The molecule has 3 aromatic carbocycles. The number of rotatable bonds is 4. The Morgan fingerprint density at radius 1 is 0.703 bits per heavy atom. The monoisotopic (exact) mass is 481 g/mol. The highest BCUT2D eigenvalue weighted by Gasteiger charge is 2.39. The van der Waals surface area contributed by atoms with Crippen LogP contribution in [-0.2, 0) is 12.8 Å². The highest BCUT2D eigenvalue weighted by Crippen LogP contribution is 2.37. The summed E-state index contributed by atoms with van der Waals surface area (Å²) in [6, 6.07) is 29.1. The molecule has 0 atom stereocenters. The molecular formula is C34H29N2O+. The molecule has 0 radical (unpaired) electrons. The molecule has 7 rings (SSSR count). The topological polar surface area (TPSA) is 24.2 Å². The van der Waals surface area contributed by atoms with Gasteiger partial charge in [-0.15, -0.1) is 0 Å². The zero-order valence-corrected chi connectivity index (χ0v) is 20.9. The number of carbonyl (C=O) groups excluding carboxylic acids is 1. The van der Waals surface area contributed by atoms with Crippen molar-refractivity contribution in [2.24, 2.45) is 0 Å². The van der Waals surface area contributed by atoms with Crippen LogP contribution in [0.1, 0.15) is 56.7 Å². The molecule has 0 N–H and O–H groups in total. The predicted octanol–water partition coefficient (Wildman–Crippen LogP) is 6.46. The Labute approximate surface area is 218 Å². The van der Waals surface area contributed by atoms with Crippen LogP contribution < -0.4 is 9.47 Å². The molecule has 0 saturated heterocycles. The van der Waals surface area contributed by atoms with Crippen molar-refractivity contribution in [3.8, 4) is 0 Å². The van der Waals surface area contributed by atoms with Crippen molar-refractivity contribution >= 4 is 34.9 Å². The predicted molar refractivity (Wildman–Crippen MR) is 150 cm³/mol. The standard InChI is InChI=1S/C34H29N2O/c37-34-30-23-24(15-16-25-21-28-13-7-18-35-19-8-14-29(22-25)32(28)35)17-20-36(30)33(27-11-5-2-6-12-27)31(34)26-9-3-1-4-10-26/h1-6,9-12,15-17,20-23H,7-8,13-14,18-19H2/q+1. The van der Waals surface area contributed by atoms with E-state index in [1.54, 1.807) is 0 Å². The summed E-state index contributed by atoms with van der Waals surface area (Å²) in [5.74, 6) is 0.0682. The number of aromatic nitrogens is 1. The SMILES string of the molecule is O=C1C(c2ccccc2)=C(c2ccccc2)[n+]2ccc(C=Cc3cc4c5c(c3)CCCN5CCC4)cc21. The van der Waals surface area contributed by atoms with Crippen LogP contribution in [0.4, 0.5) is 5.69 Å². The van der Waals surface area contributed by atoms with E-state index in [0.717, 1.165) is 28.0 Å². The average Bonchev–Trinajstić information content (AvgIpc) is 3.25. The molecule has 1 aromatic heterocycles. The van der Waals surface area contributed by atoms with Gasteiger partial charge in [-0.25, -0.2) is 0 Å². The summed E-state index contributed by atoms with van der Waals surface area (Å²) >= 11 is 0. The molecule has 4 aromatic rings. The number of fused-ring (bicyclic) bond motifs is 1. The molecule has 3 nitrogen and oxygen atoms in total. The van der Waals surface area contributed by atoms with Gasteiger partial charge in [-0.2, -0.15) is 4.57 Å². The number of allylic oxidation sites excluding steroid dienone is 1. The Balaban J connectivity index is 1.26. The molecule has 37 heavy (non-hydrogen) atoms. The van der Waals surface area contributed by atoms with E-state index in [-0.39, 0.29) is 5.78 Å². The van der Waals surface area contributed by atoms with E-state index in [1.807, 2.05) is 60.8 Å². The van der Waals surface area contributed by atoms with Gasteiger partial charge in [0.15, 0.2) is 6.20 Å². The number of anilines is 1. The number of aryl methyl sites for hydroxylation is 2. The molecule has 0 spiro atoms. The number of Topliss-reactive ketones (excluding diaryl/α,β-unsaturated/α-hetero) is 1. The minimum atomic E-state index is 0.0682. The Kier molecular flexibility index (Phi) is 5.35. The van der Waals surface area contributed by atoms with Crippen molar-refractivity contribution in [2.45, 2.75) is 25.7 Å². The molecule has 0 saturated carbocycles. The lowest BCUT2D eigenvalue weighted by Gasteiger charge is -2.37. The van der Waals surface area contributed by atoms with E-state index in [1.165, 1.54) is 61.2 Å². The fourth-order valence-corrected chi connectivity index (χ4v) is 6.22. The highest BCUT2D eigenvalue weighted by atomic mass is 16.1. The molecule has 3 aliphatic heterocycles. The Hall–Kier alpha value is -4.24. The van der Waals surface area contributed by atoms with Crippen LogP contribution in [0.2, 0.25) is 0 Å². The first-order chi connectivity index (χ1) is 18.3. The Morgan fingerprint density at radius 2 is 1.32 bits per heavy atom. The van der Waals surface area contributed by atoms with Crippen LogP contribution in [0.3, 0.4) is 0 Å². The van der Waals surface area contributed by atoms with Crippen molar-refractivity contribution < 1.29 is 9.36 Å². The van der Waals surface area contributed by atoms with Gasteiger partial charge in [0.1, 0.15) is 5.57 Å². The van der Waals surface area contributed by atoms with Crippen molar-refractivity contribution in [3.05, 3.63) is 130 Å². The molecule has 0 fully saturated rings. The molecule has 4 heterocycles. The van der Waals surface area contributed by atoms with Gasteiger partial charge >= 0.3 is 0 Å². The first-order valence-electron chi connectivity index (χ1n) is 13.3. The van der Waals surface area contributed by atoms with Crippen LogP contribution in [0.15, 0.2) is 91.1 Å². The Morgan fingerprint density at radius 3 is 2.00 bits per heavy atom. The minimum Gasteiger partial charge on any atom is -0.371 e. The smallest absolute Gasteiger partial charge is 0.264 e. The van der Waals surface area contributed by atoms with Crippen molar-refractivity contribution in [3.63, 3.8) is 0 Å². The molecule has 3 heteroatoms. The van der Waals surface area contributed by atoms with Crippen LogP contribution in [0, 0.1) is 0 Å². The van der Waals surface area contributed by atoms with Crippen LogP contribution in [0.5, 0.6) is 0 Å². The summed E-state index contributed by atoms with van der Waals surface area (Å²) in [6.45, 7) is 2.39. The fraction of sp³-hybridized carbons (Fsp3) is 0.176. The number of hydrogen-bond donors (Lipinski definition) is 0. The summed E-state index contributed by atoms with van der Waals surface area (Å²) in [6.07, 6.45) is 11.2. The van der Waals surface area contributed by atoms with Gasteiger partial charge in [-0.3, -0.25) is 4.79 Å². The number of carbonyl (C=O) groups is 1. The summed E-state index contributed by atoms with van der Waals surface area (Å²) in [4.78, 5) is 16.4. The van der Waals surface area contributed by atoms with Gasteiger partial charge in [-0.05, 0) is 77.8 Å². The number of ketones is 1. The number of hydrogen-bond acceptors (Lipinski definition) is 2. The maximum absolute atomic E-state index is 13.8. The second kappa shape index (κ2) is 9.01. The second-order valence-corrected chi connectivity index (χ2v) is 10.2. The van der Waals surface area contributed by atoms with Crippen molar-refractivity contribution in [2.75, 3.05) is 18.0 Å². The van der Waals surface area contributed by atoms with E-state index in [4.69, 9.17) is 0 Å². The average molecular weight is 482 g/mol. The maximum atomic E-state index is 13.8. The number of nitrogens with zero attached hydrogens (tertiary/aromatic N) is 2. The molecular weight excluding hydrogens is 452 g/mol. The van der Waals surface area contributed by atoms with Crippen LogP contribution >= 0.6 is 0 Å². The molecule has 0 unspecified atom stereocenters. The normalized spacial score (nSPS) is 16.3. The molecule has 180 valence electrons. The zero-order valence-electron chi connectivity index (χ0n) is 20.9. The van der Waals surface area contributed by atoms with E-state index in [9.17, 15) is 4.79 Å². The maximum Gasteiger partial charge on any atom is 0.264 e. The first kappa shape index (κ1) is 22.0. The summed E-state index contributed by atoms with van der Waals surface area (Å²) in [5.41, 5.74) is 11.2. The lowest BCUT2D eigenvalue weighted by atomic mass is 9.90. The first-order valence-corrected chi connectivity index (χ1v) is 13.3. The summed E-state index contributed by atoms with van der Waals surface area (Å²) in [5, 5.41) is 0. The quantitative estimate of drug-likeness (QED) is 0.313. The second-order valence-electron chi connectivity index (χ2n) is 10.2. The number of pyridine rings is 1. The third kappa shape index (κ3) is 3.82. The fourth-order valence-electron chi connectivity index (χ4n) is 6.22. The summed E-state index contributed by atoms with van der Waals surface area (Å²) < 4.78 is 2.05. The van der Waals surface area contributed by atoms with E-state index >= 15 is 0 Å². The van der Waals surface area contributed by atoms with E-state index in [2.05, 4.69) is 52.0 Å². The molecule has 0 amide bonds. The van der Waals surface area contributed by atoms with E-state index < -0.39 is 0 Å². The van der Waals surface area contributed by atoms with Gasteiger partial charge in [0.05, 0.1) is 0 Å². The Bertz CT molecular complexity index is 1550. The van der Waals surface area contributed by atoms with Gasteiger partial charge < -0.3 is 4.90 Å². The molecule has 3 aliphatic rings. The van der Waals surface area contributed by atoms with Gasteiger partial charge in [-0.1, -0.05) is 60.7 Å². The lowest BCUT2D eigenvalue weighted by molar-refractivity contribution is -0.577. The van der Waals surface area contributed by atoms with Crippen LogP contribution in [0.25, 0.3) is 23.4 Å². The third-order valence-corrected chi connectivity index (χ3v) is 7.85. The van der Waals surface area contributed by atoms with Crippen molar-refractivity contribution in [1.29, 1.82) is 0 Å². The van der Waals surface area contributed by atoms with E-state index in [0.29, 0.717) is 5.69 Å².